The molecule has 2 nitrogen and oxygen atoms in total. The average molecular weight is 231 g/mol. The first kappa shape index (κ1) is 12.5. The van der Waals surface area contributed by atoms with Gasteiger partial charge in [-0.2, -0.15) is 0 Å². The number of hydrogen-bond acceptors (Lipinski definition) is 2. The average Bonchev–Trinajstić information content (AvgIpc) is 2.21. The van der Waals surface area contributed by atoms with Crippen molar-refractivity contribution in [3.05, 3.63) is 35.1 Å². The van der Waals surface area contributed by atoms with E-state index in [-0.39, 0.29) is 6.10 Å². The van der Waals surface area contributed by atoms with Crippen LogP contribution in [0.3, 0.4) is 0 Å². The number of benzene rings is 1. The highest BCUT2D eigenvalue weighted by Crippen LogP contribution is 2.12. The van der Waals surface area contributed by atoms with Crippen molar-refractivity contribution in [2.75, 3.05) is 0 Å². The van der Waals surface area contributed by atoms with Crippen molar-refractivity contribution < 1.29 is 18.0 Å². The smallest absolute Gasteiger partial charge is 0.137 e. The predicted octanol–water partition coefficient (Wildman–Crippen LogP) is 3.25. The topological polar surface area (TPSA) is 21.6 Å². The van der Waals surface area contributed by atoms with Crippen molar-refractivity contribution in [3.63, 3.8) is 0 Å². The van der Waals surface area contributed by atoms with Gasteiger partial charge in [0.05, 0.1) is 11.8 Å². The SMILES string of the molecule is CCC(C)O/N=C/c1c(F)cc(F)cc1F. The van der Waals surface area contributed by atoms with Gasteiger partial charge in [-0.05, 0) is 13.3 Å². The summed E-state index contributed by atoms with van der Waals surface area (Å²) in [6, 6.07) is 1.18. The van der Waals surface area contributed by atoms with Crippen molar-refractivity contribution in [2.45, 2.75) is 26.4 Å². The molecule has 1 unspecified atom stereocenters. The van der Waals surface area contributed by atoms with Crippen LogP contribution in [0.5, 0.6) is 0 Å². The van der Waals surface area contributed by atoms with Crippen molar-refractivity contribution in [1.29, 1.82) is 0 Å². The molecule has 0 spiro atoms. The van der Waals surface area contributed by atoms with Crippen LogP contribution in [-0.4, -0.2) is 12.3 Å². The Labute approximate surface area is 91.7 Å². The van der Waals surface area contributed by atoms with Crippen LogP contribution < -0.4 is 0 Å². The third kappa shape index (κ3) is 3.25. The van der Waals surface area contributed by atoms with Gasteiger partial charge in [0.2, 0.25) is 0 Å². The number of rotatable bonds is 4. The van der Waals surface area contributed by atoms with Crippen molar-refractivity contribution in [3.8, 4) is 0 Å². The quantitative estimate of drug-likeness (QED) is 0.575. The summed E-state index contributed by atoms with van der Waals surface area (Å²) in [6.45, 7) is 3.66. The molecule has 0 amide bonds. The van der Waals surface area contributed by atoms with Gasteiger partial charge < -0.3 is 4.84 Å². The van der Waals surface area contributed by atoms with E-state index in [0.29, 0.717) is 12.1 Å². The summed E-state index contributed by atoms with van der Waals surface area (Å²) in [5.74, 6) is -2.97. The first-order valence-electron chi connectivity index (χ1n) is 4.88. The van der Waals surface area contributed by atoms with Crippen LogP contribution in [0.2, 0.25) is 0 Å². The molecule has 0 aliphatic rings. The van der Waals surface area contributed by atoms with Gasteiger partial charge in [0.25, 0.3) is 0 Å². The Morgan fingerprint density at radius 3 is 2.38 bits per heavy atom. The third-order valence-electron chi connectivity index (χ3n) is 2.04. The van der Waals surface area contributed by atoms with Crippen molar-refractivity contribution in [2.24, 2.45) is 5.16 Å². The van der Waals surface area contributed by atoms with Crippen molar-refractivity contribution >= 4 is 6.21 Å². The molecule has 0 saturated carbocycles. The second-order valence-corrected chi connectivity index (χ2v) is 3.34. The van der Waals surface area contributed by atoms with E-state index in [1.807, 2.05) is 6.92 Å². The van der Waals surface area contributed by atoms with E-state index in [0.717, 1.165) is 12.6 Å². The van der Waals surface area contributed by atoms with Crippen LogP contribution in [-0.2, 0) is 4.84 Å². The minimum absolute atomic E-state index is 0.136. The molecule has 1 rings (SSSR count). The van der Waals surface area contributed by atoms with E-state index in [1.54, 1.807) is 6.92 Å². The Hall–Kier alpha value is -1.52. The highest BCUT2D eigenvalue weighted by molar-refractivity contribution is 5.79. The number of hydrogen-bond donors (Lipinski definition) is 0. The summed E-state index contributed by atoms with van der Waals surface area (Å²) in [5.41, 5.74) is -0.412. The standard InChI is InChI=1S/C11H12F3NO/c1-3-7(2)16-15-6-9-10(13)4-8(12)5-11(9)14/h4-7H,3H2,1-2H3/b15-6+. The zero-order valence-corrected chi connectivity index (χ0v) is 9.01. The van der Waals surface area contributed by atoms with Gasteiger partial charge in [-0.1, -0.05) is 12.1 Å². The first-order valence-corrected chi connectivity index (χ1v) is 4.88. The monoisotopic (exact) mass is 231 g/mol. The van der Waals surface area contributed by atoms with Gasteiger partial charge in [-0.3, -0.25) is 0 Å². The highest BCUT2D eigenvalue weighted by Gasteiger charge is 2.09. The molecular weight excluding hydrogens is 219 g/mol. The lowest BCUT2D eigenvalue weighted by atomic mass is 10.2. The molecule has 1 atom stereocenters. The van der Waals surface area contributed by atoms with E-state index >= 15 is 0 Å². The molecule has 0 saturated heterocycles. The highest BCUT2D eigenvalue weighted by atomic mass is 19.1. The van der Waals surface area contributed by atoms with E-state index in [9.17, 15) is 13.2 Å². The maximum atomic E-state index is 13.1. The Morgan fingerprint density at radius 2 is 1.88 bits per heavy atom. The molecule has 5 heteroatoms. The van der Waals surface area contributed by atoms with Crippen LogP contribution in [0.15, 0.2) is 17.3 Å². The summed E-state index contributed by atoms with van der Waals surface area (Å²) in [5, 5.41) is 3.44. The first-order chi connectivity index (χ1) is 7.54. The van der Waals surface area contributed by atoms with Crippen LogP contribution in [0.1, 0.15) is 25.8 Å². The predicted molar refractivity (Wildman–Crippen MR) is 54.7 cm³/mol. The molecule has 0 aromatic heterocycles. The van der Waals surface area contributed by atoms with Crippen LogP contribution in [0.4, 0.5) is 13.2 Å². The maximum absolute atomic E-state index is 13.1. The van der Waals surface area contributed by atoms with Gasteiger partial charge in [0, 0.05) is 12.1 Å². The van der Waals surface area contributed by atoms with Crippen LogP contribution in [0.25, 0.3) is 0 Å². The fourth-order valence-corrected chi connectivity index (χ4v) is 0.938. The van der Waals surface area contributed by atoms with E-state index < -0.39 is 23.0 Å². The molecule has 0 heterocycles. The minimum Gasteiger partial charge on any atom is -0.393 e. The molecular formula is C11H12F3NO. The molecule has 0 radical (unpaired) electrons. The molecule has 1 aromatic rings. The number of nitrogens with zero attached hydrogens (tertiary/aromatic N) is 1. The Kier molecular flexibility index (Phi) is 4.34. The normalized spacial score (nSPS) is 13.1. The molecule has 0 bridgehead atoms. The van der Waals surface area contributed by atoms with E-state index in [1.165, 1.54) is 0 Å². The molecule has 0 aliphatic carbocycles. The maximum Gasteiger partial charge on any atom is 0.137 e. The lowest BCUT2D eigenvalue weighted by Gasteiger charge is -2.05. The van der Waals surface area contributed by atoms with Crippen LogP contribution in [0, 0.1) is 17.5 Å². The number of halogens is 3. The summed E-state index contributed by atoms with van der Waals surface area (Å²) in [7, 11) is 0. The summed E-state index contributed by atoms with van der Waals surface area (Å²) in [4.78, 5) is 4.88. The fraction of sp³-hybridized carbons (Fsp3) is 0.364. The molecule has 1 aromatic carbocycles. The van der Waals surface area contributed by atoms with Gasteiger partial charge >= 0.3 is 0 Å². The molecule has 0 fully saturated rings. The minimum atomic E-state index is -1.01. The molecule has 16 heavy (non-hydrogen) atoms. The van der Waals surface area contributed by atoms with E-state index in [2.05, 4.69) is 5.16 Å². The van der Waals surface area contributed by atoms with E-state index in [4.69, 9.17) is 4.84 Å². The molecule has 0 N–H and O–H groups in total. The van der Waals surface area contributed by atoms with Gasteiger partial charge in [-0.15, -0.1) is 0 Å². The Morgan fingerprint density at radius 1 is 1.31 bits per heavy atom. The Balaban J connectivity index is 2.81. The summed E-state index contributed by atoms with van der Waals surface area (Å²) < 4.78 is 38.7. The molecule has 88 valence electrons. The zero-order chi connectivity index (χ0) is 12.1. The third-order valence-corrected chi connectivity index (χ3v) is 2.04. The van der Waals surface area contributed by atoms with Crippen molar-refractivity contribution in [1.82, 2.24) is 0 Å². The lowest BCUT2D eigenvalue weighted by molar-refractivity contribution is 0.0711. The summed E-state index contributed by atoms with van der Waals surface area (Å²) >= 11 is 0. The Bertz CT molecular complexity index is 370. The zero-order valence-electron chi connectivity index (χ0n) is 9.01. The lowest BCUT2D eigenvalue weighted by Crippen LogP contribution is -2.02. The second-order valence-electron chi connectivity index (χ2n) is 3.34. The number of oxime groups is 1. The summed E-state index contributed by atoms with van der Waals surface area (Å²) in [6.07, 6.45) is 1.49. The fourth-order valence-electron chi connectivity index (χ4n) is 0.938. The van der Waals surface area contributed by atoms with Gasteiger partial charge in [0.1, 0.15) is 23.6 Å². The van der Waals surface area contributed by atoms with Crippen LogP contribution >= 0.6 is 0 Å². The largest absolute Gasteiger partial charge is 0.393 e. The molecule has 0 aliphatic heterocycles. The van der Waals surface area contributed by atoms with Gasteiger partial charge in [0.15, 0.2) is 0 Å². The van der Waals surface area contributed by atoms with Gasteiger partial charge in [-0.25, -0.2) is 13.2 Å². The second kappa shape index (κ2) is 5.53.